The summed E-state index contributed by atoms with van der Waals surface area (Å²) in [5.74, 6) is 0.0468. The van der Waals surface area contributed by atoms with E-state index in [1.54, 1.807) is 0 Å². The largest absolute Gasteiger partial charge is 0.469 e. The molecule has 164 valence electrons. The molecule has 2 unspecified atom stereocenters. The Morgan fingerprint density at radius 1 is 1.18 bits per heavy atom. The molecule has 2 atom stereocenters. The number of fused-ring (bicyclic) bond motifs is 1. The second-order valence-electron chi connectivity index (χ2n) is 8.71. The predicted octanol–water partition coefficient (Wildman–Crippen LogP) is 6.84. The van der Waals surface area contributed by atoms with Gasteiger partial charge in [-0.1, -0.05) is 36.4 Å². The van der Waals surface area contributed by atoms with Gasteiger partial charge in [-0.3, -0.25) is 8.77 Å². The van der Waals surface area contributed by atoms with Crippen molar-refractivity contribution in [2.45, 2.75) is 30.4 Å². The molecule has 0 N–H and O–H groups in total. The van der Waals surface area contributed by atoms with Crippen LogP contribution < -0.4 is 0 Å². The third kappa shape index (κ3) is 3.56. The van der Waals surface area contributed by atoms with Crippen molar-refractivity contribution in [1.29, 1.82) is 5.26 Å². The van der Waals surface area contributed by atoms with Gasteiger partial charge < -0.3 is 4.74 Å². The molecule has 2 heterocycles. The van der Waals surface area contributed by atoms with Gasteiger partial charge >= 0.3 is 5.97 Å². The van der Waals surface area contributed by atoms with E-state index in [4.69, 9.17) is 4.74 Å². The first-order valence-electron chi connectivity index (χ1n) is 11.2. The summed E-state index contributed by atoms with van der Waals surface area (Å²) in [5, 5.41) is 13.6. The van der Waals surface area contributed by atoms with Crippen LogP contribution in [0.3, 0.4) is 0 Å². The standard InChI is InChI=1S/C27H22N2O2S2/c1-31-27(30)22-14-21(22)16-5-4-6-17(13-16)26-25(20-11-12-32-24(20)15-28)19-7-2-3-8-23(19)29(26)33-18-9-10-18/h2-8,11-13,18,21-22H,9-10,14H2,1H3. The lowest BCUT2D eigenvalue weighted by Crippen LogP contribution is -2.04. The number of carbonyl (C=O) groups excluding carboxylic acids is 1. The van der Waals surface area contributed by atoms with E-state index >= 15 is 0 Å². The third-order valence-corrected chi connectivity index (χ3v) is 8.71. The number of rotatable bonds is 6. The van der Waals surface area contributed by atoms with Crippen molar-refractivity contribution >= 4 is 40.2 Å². The van der Waals surface area contributed by atoms with Crippen LogP contribution in [0.2, 0.25) is 0 Å². The van der Waals surface area contributed by atoms with Gasteiger partial charge in [0.2, 0.25) is 0 Å². The second kappa shape index (κ2) is 8.09. The summed E-state index contributed by atoms with van der Waals surface area (Å²) in [5.41, 5.74) is 6.73. The summed E-state index contributed by atoms with van der Waals surface area (Å²) in [7, 11) is 1.46. The zero-order valence-corrected chi connectivity index (χ0v) is 19.8. The average Bonchev–Trinajstić information content (AvgIpc) is 3.76. The summed E-state index contributed by atoms with van der Waals surface area (Å²) >= 11 is 3.38. The van der Waals surface area contributed by atoms with Crippen molar-refractivity contribution in [2.24, 2.45) is 5.92 Å². The number of carbonyl (C=O) groups is 1. The van der Waals surface area contributed by atoms with E-state index in [9.17, 15) is 10.1 Å². The second-order valence-corrected chi connectivity index (χ2v) is 10.9. The molecule has 6 rings (SSSR count). The Morgan fingerprint density at radius 2 is 2.03 bits per heavy atom. The lowest BCUT2D eigenvalue weighted by molar-refractivity contribution is -0.142. The highest BCUT2D eigenvalue weighted by molar-refractivity contribution is 7.99. The number of esters is 1. The van der Waals surface area contributed by atoms with Crippen LogP contribution in [0.4, 0.5) is 0 Å². The van der Waals surface area contributed by atoms with E-state index in [1.807, 2.05) is 17.3 Å². The minimum absolute atomic E-state index is 0.0431. The van der Waals surface area contributed by atoms with Crippen molar-refractivity contribution < 1.29 is 9.53 Å². The van der Waals surface area contributed by atoms with Gasteiger partial charge in [0.15, 0.2) is 0 Å². The highest BCUT2D eigenvalue weighted by Gasteiger charge is 2.45. The van der Waals surface area contributed by atoms with Gasteiger partial charge in [0.1, 0.15) is 10.9 Å². The molecule has 2 aliphatic rings. The average molecular weight is 471 g/mol. The first-order valence-corrected chi connectivity index (χ1v) is 12.9. The number of aromatic nitrogens is 1. The Hall–Kier alpha value is -3.01. The van der Waals surface area contributed by atoms with Gasteiger partial charge in [-0.2, -0.15) is 5.26 Å². The molecule has 4 aromatic rings. The van der Waals surface area contributed by atoms with Gasteiger partial charge in [0.25, 0.3) is 0 Å². The van der Waals surface area contributed by atoms with Crippen molar-refractivity contribution in [3.8, 4) is 28.5 Å². The number of hydrogen-bond acceptors (Lipinski definition) is 5. The van der Waals surface area contributed by atoms with Crippen LogP contribution in [0.5, 0.6) is 0 Å². The summed E-state index contributed by atoms with van der Waals surface area (Å²) < 4.78 is 7.35. The molecule has 33 heavy (non-hydrogen) atoms. The third-order valence-electron chi connectivity index (χ3n) is 6.53. The molecule has 2 aromatic heterocycles. The number of methoxy groups -OCH3 is 1. The van der Waals surface area contributed by atoms with Crippen LogP contribution in [-0.2, 0) is 9.53 Å². The van der Waals surface area contributed by atoms with Crippen LogP contribution in [0.1, 0.15) is 35.6 Å². The zero-order chi connectivity index (χ0) is 22.5. The van der Waals surface area contributed by atoms with Gasteiger partial charge in [-0.05, 0) is 71.8 Å². The Morgan fingerprint density at radius 3 is 2.82 bits per heavy atom. The summed E-state index contributed by atoms with van der Waals surface area (Å²) in [6.07, 6.45) is 3.30. The van der Waals surface area contributed by atoms with Crippen LogP contribution in [0.25, 0.3) is 33.3 Å². The summed E-state index contributed by atoms with van der Waals surface area (Å²) in [6.45, 7) is 0. The Labute approximate surface area is 200 Å². The fourth-order valence-electron chi connectivity index (χ4n) is 4.66. The van der Waals surface area contributed by atoms with Crippen LogP contribution in [0.15, 0.2) is 60.0 Å². The molecular formula is C27H22N2O2S2. The molecule has 0 spiro atoms. The topological polar surface area (TPSA) is 55.0 Å². The van der Waals surface area contributed by atoms with Gasteiger partial charge in [0, 0.05) is 21.8 Å². The van der Waals surface area contributed by atoms with Crippen LogP contribution >= 0.6 is 23.3 Å². The van der Waals surface area contributed by atoms with Crippen molar-refractivity contribution in [3.63, 3.8) is 0 Å². The van der Waals surface area contributed by atoms with E-state index in [1.165, 1.54) is 47.8 Å². The number of nitriles is 1. The number of nitrogens with zero attached hydrogens (tertiary/aromatic N) is 2. The smallest absolute Gasteiger partial charge is 0.309 e. The predicted molar refractivity (Wildman–Crippen MR) is 134 cm³/mol. The molecule has 0 amide bonds. The van der Waals surface area contributed by atoms with Gasteiger partial charge in [0.05, 0.1) is 24.2 Å². The first kappa shape index (κ1) is 20.6. The molecule has 2 aromatic carbocycles. The van der Waals surface area contributed by atoms with Crippen molar-refractivity contribution in [2.75, 3.05) is 7.11 Å². The lowest BCUT2D eigenvalue weighted by atomic mass is 9.97. The van der Waals surface area contributed by atoms with Gasteiger partial charge in [-0.25, -0.2) is 0 Å². The highest BCUT2D eigenvalue weighted by Crippen LogP contribution is 2.51. The fraction of sp³-hybridized carbons (Fsp3) is 0.259. The first-order chi connectivity index (χ1) is 16.2. The van der Waals surface area contributed by atoms with Gasteiger partial charge in [-0.15, -0.1) is 11.3 Å². The van der Waals surface area contributed by atoms with E-state index in [0.29, 0.717) is 5.25 Å². The number of ether oxygens (including phenoxy) is 1. The maximum Gasteiger partial charge on any atom is 0.309 e. The number of para-hydroxylation sites is 1. The van der Waals surface area contributed by atoms with Crippen LogP contribution in [-0.4, -0.2) is 22.3 Å². The molecular weight excluding hydrogens is 448 g/mol. The monoisotopic (exact) mass is 470 g/mol. The number of benzene rings is 2. The van der Waals surface area contributed by atoms with E-state index in [0.717, 1.165) is 33.7 Å². The lowest BCUT2D eigenvalue weighted by Gasteiger charge is -2.13. The normalized spacial score (nSPS) is 19.4. The fourth-order valence-corrected chi connectivity index (χ4v) is 6.57. The maximum absolute atomic E-state index is 12.0. The zero-order valence-electron chi connectivity index (χ0n) is 18.2. The number of thiophene rings is 1. The minimum Gasteiger partial charge on any atom is -0.469 e. The molecule has 0 bridgehead atoms. The molecule has 2 saturated carbocycles. The summed E-state index contributed by atoms with van der Waals surface area (Å²) in [6, 6.07) is 21.5. The Kier molecular flexibility index (Phi) is 5.05. The quantitative estimate of drug-likeness (QED) is 0.289. The molecule has 0 saturated heterocycles. The van der Waals surface area contributed by atoms with Crippen molar-refractivity contribution in [3.05, 3.63) is 70.4 Å². The summed E-state index contributed by atoms with van der Waals surface area (Å²) in [4.78, 5) is 12.8. The van der Waals surface area contributed by atoms with Crippen molar-refractivity contribution in [1.82, 2.24) is 3.97 Å². The molecule has 2 fully saturated rings. The van der Waals surface area contributed by atoms with E-state index in [-0.39, 0.29) is 17.8 Å². The molecule has 0 radical (unpaired) electrons. The SMILES string of the molecule is COC(=O)C1CC1c1cccc(-c2c(-c3ccsc3C#N)c3ccccc3n2SC2CC2)c1. The maximum atomic E-state index is 12.0. The van der Waals surface area contributed by atoms with E-state index in [2.05, 4.69) is 64.6 Å². The Bertz CT molecular complexity index is 1420. The molecule has 4 nitrogen and oxygen atoms in total. The highest BCUT2D eigenvalue weighted by atomic mass is 32.2. The van der Waals surface area contributed by atoms with E-state index < -0.39 is 0 Å². The number of hydrogen-bond donors (Lipinski definition) is 0. The van der Waals surface area contributed by atoms with Crippen LogP contribution in [0, 0.1) is 17.2 Å². The molecule has 0 aliphatic heterocycles. The minimum atomic E-state index is -0.124. The molecule has 6 heteroatoms. The molecule has 2 aliphatic carbocycles. The Balaban J connectivity index is 1.57.